The van der Waals surface area contributed by atoms with Crippen LogP contribution in [0.5, 0.6) is 0 Å². The lowest BCUT2D eigenvalue weighted by Gasteiger charge is -1.99. The minimum absolute atomic E-state index is 0.430. The average molecular weight is 238 g/mol. The molecule has 1 heterocycles. The molecule has 1 unspecified atom stereocenters. The van der Waals surface area contributed by atoms with Crippen LogP contribution in [0.4, 0.5) is 0 Å². The predicted octanol–water partition coefficient (Wildman–Crippen LogP) is 2.92. The molecule has 0 saturated carbocycles. The lowest BCUT2D eigenvalue weighted by molar-refractivity contribution is 0.187. The molecule has 0 saturated heterocycles. The first kappa shape index (κ1) is 11.2. The van der Waals surface area contributed by atoms with Crippen LogP contribution in [-0.2, 0) is 6.42 Å². The van der Waals surface area contributed by atoms with E-state index in [0.29, 0.717) is 23.1 Å². The van der Waals surface area contributed by atoms with Crippen LogP contribution in [0.25, 0.3) is 11.5 Å². The Balaban J connectivity index is 2.24. The summed E-state index contributed by atoms with van der Waals surface area (Å²) in [6, 6.07) is 7.31. The molecule has 3 nitrogen and oxygen atoms in total. The summed E-state index contributed by atoms with van der Waals surface area (Å²) in [5.41, 5.74) is 0.837. The number of halogens is 1. The van der Waals surface area contributed by atoms with Gasteiger partial charge in [0.25, 0.3) is 0 Å². The molecule has 1 N–H and O–H groups in total. The standard InChI is InChI=1S/C12H12ClNO2/c1-8(15)5-11-7-14-12(16-11)9-3-2-4-10(13)6-9/h2-4,6-8,15H,5H2,1H3. The third kappa shape index (κ3) is 2.62. The van der Waals surface area contributed by atoms with Crippen LogP contribution >= 0.6 is 11.6 Å². The average Bonchev–Trinajstić information content (AvgIpc) is 2.65. The molecule has 2 rings (SSSR count). The lowest BCUT2D eigenvalue weighted by atomic mass is 10.2. The second-order valence-electron chi connectivity index (χ2n) is 3.70. The Hall–Kier alpha value is -1.32. The van der Waals surface area contributed by atoms with E-state index in [9.17, 15) is 5.11 Å². The Kier molecular flexibility index (Phi) is 3.27. The fraction of sp³-hybridized carbons (Fsp3) is 0.250. The van der Waals surface area contributed by atoms with Gasteiger partial charge in [0.1, 0.15) is 5.76 Å². The van der Waals surface area contributed by atoms with Crippen molar-refractivity contribution in [1.29, 1.82) is 0 Å². The van der Waals surface area contributed by atoms with Gasteiger partial charge >= 0.3 is 0 Å². The zero-order valence-corrected chi connectivity index (χ0v) is 9.61. The zero-order chi connectivity index (χ0) is 11.5. The van der Waals surface area contributed by atoms with Crippen LogP contribution < -0.4 is 0 Å². The molecule has 0 spiro atoms. The summed E-state index contributed by atoms with van der Waals surface area (Å²) in [4.78, 5) is 4.14. The molecule has 0 bridgehead atoms. The van der Waals surface area contributed by atoms with Crippen molar-refractivity contribution in [2.24, 2.45) is 0 Å². The maximum absolute atomic E-state index is 9.22. The fourth-order valence-electron chi connectivity index (χ4n) is 1.45. The monoisotopic (exact) mass is 237 g/mol. The van der Waals surface area contributed by atoms with Gasteiger partial charge in [-0.3, -0.25) is 0 Å². The molecular weight excluding hydrogens is 226 g/mol. The van der Waals surface area contributed by atoms with E-state index in [4.69, 9.17) is 16.0 Å². The summed E-state index contributed by atoms with van der Waals surface area (Å²) >= 11 is 5.88. The number of oxazole rings is 1. The Bertz CT molecular complexity index is 479. The number of benzene rings is 1. The number of rotatable bonds is 3. The molecule has 2 aromatic rings. The van der Waals surface area contributed by atoms with Gasteiger partial charge in [0.05, 0.1) is 12.3 Å². The first-order valence-electron chi connectivity index (χ1n) is 5.04. The summed E-state index contributed by atoms with van der Waals surface area (Å²) in [5.74, 6) is 1.20. The first-order chi connectivity index (χ1) is 7.65. The molecule has 1 aromatic heterocycles. The Morgan fingerprint density at radius 3 is 3.00 bits per heavy atom. The smallest absolute Gasteiger partial charge is 0.226 e. The molecule has 0 aliphatic carbocycles. The molecule has 84 valence electrons. The third-order valence-corrected chi connectivity index (χ3v) is 2.36. The van der Waals surface area contributed by atoms with E-state index >= 15 is 0 Å². The van der Waals surface area contributed by atoms with Gasteiger partial charge < -0.3 is 9.52 Å². The van der Waals surface area contributed by atoms with Crippen molar-refractivity contribution in [3.8, 4) is 11.5 Å². The number of aliphatic hydroxyl groups excluding tert-OH is 1. The van der Waals surface area contributed by atoms with Gasteiger partial charge in [0, 0.05) is 17.0 Å². The van der Waals surface area contributed by atoms with Crippen molar-refractivity contribution in [3.05, 3.63) is 41.2 Å². The Morgan fingerprint density at radius 2 is 2.31 bits per heavy atom. The molecule has 0 fully saturated rings. The van der Waals surface area contributed by atoms with Crippen molar-refractivity contribution < 1.29 is 9.52 Å². The molecule has 16 heavy (non-hydrogen) atoms. The minimum Gasteiger partial charge on any atom is -0.441 e. The van der Waals surface area contributed by atoms with Crippen LogP contribution in [-0.4, -0.2) is 16.2 Å². The summed E-state index contributed by atoms with van der Waals surface area (Å²) in [6.45, 7) is 1.71. The van der Waals surface area contributed by atoms with Crippen molar-refractivity contribution >= 4 is 11.6 Å². The topological polar surface area (TPSA) is 46.3 Å². The number of hydrogen-bond donors (Lipinski definition) is 1. The fourth-order valence-corrected chi connectivity index (χ4v) is 1.64. The summed E-state index contributed by atoms with van der Waals surface area (Å²) in [5, 5.41) is 9.87. The van der Waals surface area contributed by atoms with Gasteiger partial charge in [0.2, 0.25) is 5.89 Å². The van der Waals surface area contributed by atoms with E-state index < -0.39 is 6.10 Å². The van der Waals surface area contributed by atoms with Gasteiger partial charge in [-0.2, -0.15) is 0 Å². The lowest BCUT2D eigenvalue weighted by Crippen LogP contribution is -2.02. The van der Waals surface area contributed by atoms with Gasteiger partial charge in [-0.25, -0.2) is 4.98 Å². The third-order valence-electron chi connectivity index (χ3n) is 2.12. The second-order valence-corrected chi connectivity index (χ2v) is 4.13. The molecule has 0 amide bonds. The van der Waals surface area contributed by atoms with Crippen molar-refractivity contribution in [2.45, 2.75) is 19.4 Å². The van der Waals surface area contributed by atoms with Crippen LogP contribution in [0.2, 0.25) is 5.02 Å². The van der Waals surface area contributed by atoms with E-state index in [2.05, 4.69) is 4.98 Å². The molecular formula is C12H12ClNO2. The summed E-state index contributed by atoms with van der Waals surface area (Å²) < 4.78 is 5.51. The largest absolute Gasteiger partial charge is 0.441 e. The highest BCUT2D eigenvalue weighted by Gasteiger charge is 2.08. The van der Waals surface area contributed by atoms with Crippen LogP contribution in [0.1, 0.15) is 12.7 Å². The Morgan fingerprint density at radius 1 is 1.50 bits per heavy atom. The van der Waals surface area contributed by atoms with Gasteiger partial charge in [-0.05, 0) is 25.1 Å². The summed E-state index contributed by atoms with van der Waals surface area (Å²) in [7, 11) is 0. The molecule has 1 atom stereocenters. The van der Waals surface area contributed by atoms with Crippen molar-refractivity contribution in [3.63, 3.8) is 0 Å². The Labute approximate surface area is 98.7 Å². The van der Waals surface area contributed by atoms with E-state index in [1.165, 1.54) is 0 Å². The quantitative estimate of drug-likeness (QED) is 0.893. The highest BCUT2D eigenvalue weighted by Crippen LogP contribution is 2.22. The highest BCUT2D eigenvalue weighted by molar-refractivity contribution is 6.30. The normalized spacial score (nSPS) is 12.7. The second kappa shape index (κ2) is 4.68. The maximum Gasteiger partial charge on any atom is 0.226 e. The number of aliphatic hydroxyl groups is 1. The van der Waals surface area contributed by atoms with Crippen molar-refractivity contribution in [1.82, 2.24) is 4.98 Å². The maximum atomic E-state index is 9.22. The molecule has 4 heteroatoms. The van der Waals surface area contributed by atoms with Gasteiger partial charge in [-0.1, -0.05) is 17.7 Å². The van der Waals surface area contributed by atoms with E-state index in [1.807, 2.05) is 12.1 Å². The van der Waals surface area contributed by atoms with E-state index in [0.717, 1.165) is 5.56 Å². The first-order valence-corrected chi connectivity index (χ1v) is 5.41. The number of hydrogen-bond acceptors (Lipinski definition) is 3. The van der Waals surface area contributed by atoms with E-state index in [-0.39, 0.29) is 0 Å². The SMILES string of the molecule is CC(O)Cc1cnc(-c2cccc(Cl)c2)o1. The van der Waals surface area contributed by atoms with E-state index in [1.54, 1.807) is 25.3 Å². The molecule has 1 aromatic carbocycles. The summed E-state index contributed by atoms with van der Waals surface area (Å²) in [6.07, 6.45) is 1.66. The van der Waals surface area contributed by atoms with Crippen LogP contribution in [0.15, 0.2) is 34.9 Å². The number of aromatic nitrogens is 1. The molecule has 0 aliphatic rings. The predicted molar refractivity (Wildman–Crippen MR) is 62.3 cm³/mol. The van der Waals surface area contributed by atoms with Crippen LogP contribution in [0, 0.1) is 0 Å². The van der Waals surface area contributed by atoms with Gasteiger partial charge in [0.15, 0.2) is 0 Å². The minimum atomic E-state index is -0.430. The zero-order valence-electron chi connectivity index (χ0n) is 8.85. The van der Waals surface area contributed by atoms with Crippen molar-refractivity contribution in [2.75, 3.05) is 0 Å². The molecule has 0 radical (unpaired) electrons. The van der Waals surface area contributed by atoms with Gasteiger partial charge in [-0.15, -0.1) is 0 Å². The molecule has 0 aliphatic heterocycles. The highest BCUT2D eigenvalue weighted by atomic mass is 35.5. The number of nitrogens with zero attached hydrogens (tertiary/aromatic N) is 1. The van der Waals surface area contributed by atoms with Crippen LogP contribution in [0.3, 0.4) is 0 Å².